The molecule has 1 aromatic carbocycles. The third-order valence-corrected chi connectivity index (χ3v) is 2.99. The molecule has 0 heterocycles. The number of benzene rings is 1. The van der Waals surface area contributed by atoms with Crippen LogP contribution in [-0.2, 0) is 0 Å². The fourth-order valence-corrected chi connectivity index (χ4v) is 2.24. The van der Waals surface area contributed by atoms with Gasteiger partial charge in [0.25, 0.3) is 0 Å². The predicted molar refractivity (Wildman–Crippen MR) is 58.0 cm³/mol. The van der Waals surface area contributed by atoms with Gasteiger partial charge in [0.15, 0.2) is 0 Å². The van der Waals surface area contributed by atoms with E-state index >= 15 is 0 Å². The van der Waals surface area contributed by atoms with E-state index in [-0.39, 0.29) is 0 Å². The first kappa shape index (κ1) is 8.55. The van der Waals surface area contributed by atoms with Crippen molar-refractivity contribution >= 4 is 6.08 Å². The molecule has 0 bridgehead atoms. The standard InChI is InChI=1S/C13H16/c1-9-7-8-11(3)13-10(2)5-4-6-12(9)13/h4,6-8,10H,5H2,1-3H3. The molecule has 0 radical (unpaired) electrons. The van der Waals surface area contributed by atoms with Gasteiger partial charge in [-0.2, -0.15) is 0 Å². The summed E-state index contributed by atoms with van der Waals surface area (Å²) in [6, 6.07) is 4.46. The summed E-state index contributed by atoms with van der Waals surface area (Å²) in [6.45, 7) is 6.73. The van der Waals surface area contributed by atoms with Gasteiger partial charge in [0.1, 0.15) is 0 Å². The highest BCUT2D eigenvalue weighted by molar-refractivity contribution is 5.63. The summed E-state index contributed by atoms with van der Waals surface area (Å²) >= 11 is 0. The molecule has 0 fully saturated rings. The lowest BCUT2D eigenvalue weighted by molar-refractivity contribution is 0.763. The van der Waals surface area contributed by atoms with Crippen molar-refractivity contribution in [1.82, 2.24) is 0 Å². The average molecular weight is 172 g/mol. The molecule has 1 aromatic rings. The van der Waals surface area contributed by atoms with Crippen molar-refractivity contribution in [2.45, 2.75) is 33.1 Å². The summed E-state index contributed by atoms with van der Waals surface area (Å²) in [5, 5.41) is 0. The Morgan fingerprint density at radius 2 is 1.85 bits per heavy atom. The Kier molecular flexibility index (Phi) is 1.99. The Morgan fingerprint density at radius 1 is 1.15 bits per heavy atom. The van der Waals surface area contributed by atoms with Gasteiger partial charge in [0, 0.05) is 0 Å². The van der Waals surface area contributed by atoms with Crippen molar-refractivity contribution in [2.75, 3.05) is 0 Å². The molecule has 0 saturated heterocycles. The molecular formula is C13H16. The van der Waals surface area contributed by atoms with Crippen LogP contribution in [0.3, 0.4) is 0 Å². The molecule has 0 heteroatoms. The molecule has 0 N–H and O–H groups in total. The van der Waals surface area contributed by atoms with Crippen molar-refractivity contribution in [3.05, 3.63) is 40.5 Å². The zero-order chi connectivity index (χ0) is 9.42. The van der Waals surface area contributed by atoms with E-state index in [1.165, 1.54) is 23.1 Å². The molecule has 0 amide bonds. The van der Waals surface area contributed by atoms with E-state index in [0.717, 1.165) is 0 Å². The van der Waals surface area contributed by atoms with Gasteiger partial charge in [-0.15, -0.1) is 0 Å². The SMILES string of the molecule is Cc1ccc(C)c2c1C=CCC2C. The molecule has 0 aliphatic heterocycles. The van der Waals surface area contributed by atoms with Gasteiger partial charge >= 0.3 is 0 Å². The predicted octanol–water partition coefficient (Wildman–Crippen LogP) is 3.82. The van der Waals surface area contributed by atoms with Gasteiger partial charge in [-0.1, -0.05) is 31.2 Å². The number of fused-ring (bicyclic) bond motifs is 1. The molecule has 2 rings (SSSR count). The normalized spacial score (nSPS) is 20.1. The Labute approximate surface area is 80.3 Å². The molecule has 68 valence electrons. The van der Waals surface area contributed by atoms with E-state index in [1.54, 1.807) is 5.56 Å². The molecule has 0 spiro atoms. The average Bonchev–Trinajstić information content (AvgIpc) is 2.12. The van der Waals surface area contributed by atoms with E-state index in [9.17, 15) is 0 Å². The van der Waals surface area contributed by atoms with Crippen molar-refractivity contribution < 1.29 is 0 Å². The second kappa shape index (κ2) is 3.02. The van der Waals surface area contributed by atoms with Crippen LogP contribution in [0.15, 0.2) is 18.2 Å². The van der Waals surface area contributed by atoms with Gasteiger partial charge in [-0.3, -0.25) is 0 Å². The lowest BCUT2D eigenvalue weighted by atomic mass is 9.83. The van der Waals surface area contributed by atoms with Gasteiger partial charge in [-0.05, 0) is 48.4 Å². The third kappa shape index (κ3) is 1.31. The molecule has 1 unspecified atom stereocenters. The topological polar surface area (TPSA) is 0 Å². The summed E-state index contributed by atoms with van der Waals surface area (Å²) in [4.78, 5) is 0. The third-order valence-electron chi connectivity index (χ3n) is 2.99. The highest BCUT2D eigenvalue weighted by Gasteiger charge is 2.15. The summed E-state index contributed by atoms with van der Waals surface area (Å²) < 4.78 is 0. The van der Waals surface area contributed by atoms with Gasteiger partial charge < -0.3 is 0 Å². The lowest BCUT2D eigenvalue weighted by Crippen LogP contribution is -2.04. The number of rotatable bonds is 0. The minimum Gasteiger partial charge on any atom is -0.0833 e. The van der Waals surface area contributed by atoms with Crippen LogP contribution in [0.2, 0.25) is 0 Å². The molecule has 0 saturated carbocycles. The summed E-state index contributed by atoms with van der Waals surface area (Å²) in [7, 11) is 0. The maximum atomic E-state index is 2.31. The fourth-order valence-electron chi connectivity index (χ4n) is 2.24. The first-order valence-electron chi connectivity index (χ1n) is 4.97. The number of aryl methyl sites for hydroxylation is 2. The monoisotopic (exact) mass is 172 g/mol. The zero-order valence-electron chi connectivity index (χ0n) is 8.59. The second-order valence-electron chi connectivity index (χ2n) is 4.07. The van der Waals surface area contributed by atoms with Crippen molar-refractivity contribution in [3.8, 4) is 0 Å². The second-order valence-corrected chi connectivity index (χ2v) is 4.07. The number of allylic oxidation sites excluding steroid dienone is 1. The molecule has 1 atom stereocenters. The van der Waals surface area contributed by atoms with Gasteiger partial charge in [-0.25, -0.2) is 0 Å². The summed E-state index contributed by atoms with van der Waals surface area (Å²) in [6.07, 6.45) is 5.76. The van der Waals surface area contributed by atoms with E-state index in [0.29, 0.717) is 5.92 Å². The van der Waals surface area contributed by atoms with Crippen LogP contribution in [0.4, 0.5) is 0 Å². The van der Waals surface area contributed by atoms with E-state index in [2.05, 4.69) is 45.1 Å². The van der Waals surface area contributed by atoms with Gasteiger partial charge in [0.2, 0.25) is 0 Å². The molecule has 0 aromatic heterocycles. The van der Waals surface area contributed by atoms with Gasteiger partial charge in [0.05, 0.1) is 0 Å². The molecular weight excluding hydrogens is 156 g/mol. The largest absolute Gasteiger partial charge is 0.0833 e. The summed E-state index contributed by atoms with van der Waals surface area (Å²) in [5.41, 5.74) is 5.86. The highest BCUT2D eigenvalue weighted by atomic mass is 14.2. The van der Waals surface area contributed by atoms with Crippen LogP contribution in [-0.4, -0.2) is 0 Å². The van der Waals surface area contributed by atoms with Crippen LogP contribution in [0.5, 0.6) is 0 Å². The lowest BCUT2D eigenvalue weighted by Gasteiger charge is -2.21. The van der Waals surface area contributed by atoms with Crippen LogP contribution in [0, 0.1) is 13.8 Å². The van der Waals surface area contributed by atoms with Crippen molar-refractivity contribution in [3.63, 3.8) is 0 Å². The first-order chi connectivity index (χ1) is 6.20. The van der Waals surface area contributed by atoms with E-state index in [4.69, 9.17) is 0 Å². The van der Waals surface area contributed by atoms with E-state index in [1.807, 2.05) is 0 Å². The highest BCUT2D eigenvalue weighted by Crippen LogP contribution is 2.33. The number of hydrogen-bond acceptors (Lipinski definition) is 0. The molecule has 13 heavy (non-hydrogen) atoms. The van der Waals surface area contributed by atoms with Crippen molar-refractivity contribution in [2.24, 2.45) is 0 Å². The minimum absolute atomic E-state index is 0.694. The van der Waals surface area contributed by atoms with Crippen molar-refractivity contribution in [1.29, 1.82) is 0 Å². The number of hydrogen-bond donors (Lipinski definition) is 0. The maximum absolute atomic E-state index is 2.31. The zero-order valence-corrected chi connectivity index (χ0v) is 8.59. The fraction of sp³-hybridized carbons (Fsp3) is 0.385. The minimum atomic E-state index is 0.694. The molecule has 1 aliphatic rings. The first-order valence-corrected chi connectivity index (χ1v) is 4.97. The Balaban J connectivity index is 2.69. The Morgan fingerprint density at radius 3 is 2.54 bits per heavy atom. The smallest absolute Gasteiger partial charge is 0.0147 e. The van der Waals surface area contributed by atoms with Crippen LogP contribution >= 0.6 is 0 Å². The van der Waals surface area contributed by atoms with Crippen LogP contribution in [0.1, 0.15) is 41.5 Å². The van der Waals surface area contributed by atoms with Crippen LogP contribution < -0.4 is 0 Å². The molecule has 1 aliphatic carbocycles. The van der Waals surface area contributed by atoms with Crippen LogP contribution in [0.25, 0.3) is 6.08 Å². The summed E-state index contributed by atoms with van der Waals surface area (Å²) in [5.74, 6) is 0.694. The Bertz CT molecular complexity index is 359. The van der Waals surface area contributed by atoms with E-state index < -0.39 is 0 Å². The maximum Gasteiger partial charge on any atom is -0.0147 e. The molecule has 0 nitrogen and oxygen atoms in total. The quantitative estimate of drug-likeness (QED) is 0.558. The Hall–Kier alpha value is -1.04.